The second kappa shape index (κ2) is 7.68. The predicted octanol–water partition coefficient (Wildman–Crippen LogP) is 3.69. The highest BCUT2D eigenvalue weighted by Gasteiger charge is 2.23. The van der Waals surface area contributed by atoms with Gasteiger partial charge >= 0.3 is 0 Å². The molecule has 26 heavy (non-hydrogen) atoms. The van der Waals surface area contributed by atoms with Crippen molar-refractivity contribution in [1.29, 1.82) is 0 Å². The Kier molecular flexibility index (Phi) is 5.14. The van der Waals surface area contributed by atoms with Gasteiger partial charge in [-0.15, -0.1) is 0 Å². The van der Waals surface area contributed by atoms with Crippen molar-refractivity contribution in [2.75, 3.05) is 27.2 Å². The maximum Gasteiger partial charge on any atom is 0.151 e. The smallest absolute Gasteiger partial charge is 0.151 e. The minimum absolute atomic E-state index is 0.608. The largest absolute Gasteiger partial charge is 0.496 e. The number of hydrogen-bond acceptors (Lipinski definition) is 4. The molecule has 1 aliphatic carbocycles. The molecule has 0 saturated heterocycles. The molecule has 0 aromatic heterocycles. The van der Waals surface area contributed by atoms with E-state index in [0.717, 1.165) is 44.0 Å². The van der Waals surface area contributed by atoms with E-state index in [1.165, 1.54) is 35.1 Å². The van der Waals surface area contributed by atoms with Gasteiger partial charge in [-0.2, -0.15) is 5.48 Å². The quantitative estimate of drug-likeness (QED) is 0.860. The molecule has 4 rings (SSSR count). The normalized spacial score (nSPS) is 18.3. The van der Waals surface area contributed by atoms with E-state index in [1.54, 1.807) is 7.11 Å². The second-order valence-corrected chi connectivity index (χ2v) is 7.49. The summed E-state index contributed by atoms with van der Waals surface area (Å²) in [4.78, 5) is 7.83. The van der Waals surface area contributed by atoms with Gasteiger partial charge in [-0.05, 0) is 67.5 Å². The molecule has 1 aliphatic heterocycles. The molecule has 0 spiro atoms. The lowest BCUT2D eigenvalue weighted by atomic mass is 9.82. The number of nitrogens with zero attached hydrogens (tertiary/aromatic N) is 1. The van der Waals surface area contributed by atoms with Crippen LogP contribution in [0.3, 0.4) is 0 Å². The van der Waals surface area contributed by atoms with Crippen LogP contribution in [-0.2, 0) is 19.4 Å². The number of ether oxygens (including phenoxy) is 1. The van der Waals surface area contributed by atoms with E-state index >= 15 is 0 Å². The van der Waals surface area contributed by atoms with Crippen LogP contribution in [0.25, 0.3) is 0 Å². The van der Waals surface area contributed by atoms with Gasteiger partial charge in [0.25, 0.3) is 0 Å². The van der Waals surface area contributed by atoms with Crippen molar-refractivity contribution in [3.8, 4) is 11.5 Å². The summed E-state index contributed by atoms with van der Waals surface area (Å²) < 4.78 is 5.58. The summed E-state index contributed by atoms with van der Waals surface area (Å²) >= 11 is 0. The van der Waals surface area contributed by atoms with Crippen LogP contribution < -0.4 is 15.1 Å². The van der Waals surface area contributed by atoms with Gasteiger partial charge in [0.05, 0.1) is 13.7 Å². The summed E-state index contributed by atoms with van der Waals surface area (Å²) in [5, 5.41) is 0. The molecule has 1 heterocycles. The summed E-state index contributed by atoms with van der Waals surface area (Å²) in [6.07, 6.45) is 4.74. The van der Waals surface area contributed by atoms with Gasteiger partial charge in [0.1, 0.15) is 5.75 Å². The van der Waals surface area contributed by atoms with Crippen LogP contribution in [0, 0.1) is 0 Å². The van der Waals surface area contributed by atoms with Gasteiger partial charge in [0.15, 0.2) is 5.75 Å². The van der Waals surface area contributed by atoms with Gasteiger partial charge in [0.2, 0.25) is 0 Å². The first-order valence-corrected chi connectivity index (χ1v) is 9.60. The zero-order valence-electron chi connectivity index (χ0n) is 15.8. The monoisotopic (exact) mass is 352 g/mol. The summed E-state index contributed by atoms with van der Waals surface area (Å²) in [6, 6.07) is 13.1. The van der Waals surface area contributed by atoms with Crippen molar-refractivity contribution in [3.05, 3.63) is 58.7 Å². The standard InChI is InChI=1S/C22H28N2O2/c1-24(12-11-16-9-10-21-18(13-16)14-23-26-21)15-17-5-3-7-20-19(17)6-4-8-22(20)25-2/h4,6,8-10,13,17,23H,3,5,7,11-12,14-15H2,1-2H3. The van der Waals surface area contributed by atoms with E-state index in [-0.39, 0.29) is 0 Å². The first-order chi connectivity index (χ1) is 12.7. The minimum atomic E-state index is 0.608. The molecule has 1 atom stereocenters. The van der Waals surface area contributed by atoms with E-state index in [1.807, 2.05) is 0 Å². The third kappa shape index (κ3) is 3.57. The lowest BCUT2D eigenvalue weighted by Crippen LogP contribution is -2.28. The Balaban J connectivity index is 1.38. The van der Waals surface area contributed by atoms with Gasteiger partial charge in [0, 0.05) is 18.7 Å². The molecule has 138 valence electrons. The molecule has 1 N–H and O–H groups in total. The van der Waals surface area contributed by atoms with Crippen LogP contribution in [0.2, 0.25) is 0 Å². The number of methoxy groups -OCH3 is 1. The van der Waals surface area contributed by atoms with Crippen molar-refractivity contribution in [3.63, 3.8) is 0 Å². The molecule has 0 radical (unpaired) electrons. The van der Waals surface area contributed by atoms with Crippen LogP contribution in [-0.4, -0.2) is 32.1 Å². The highest BCUT2D eigenvalue weighted by atomic mass is 16.7. The highest BCUT2D eigenvalue weighted by Crippen LogP contribution is 2.36. The average molecular weight is 352 g/mol. The van der Waals surface area contributed by atoms with Crippen LogP contribution in [0.4, 0.5) is 0 Å². The number of hydrogen-bond donors (Lipinski definition) is 1. The van der Waals surface area contributed by atoms with E-state index in [0.29, 0.717) is 5.92 Å². The van der Waals surface area contributed by atoms with Crippen LogP contribution in [0.5, 0.6) is 11.5 Å². The van der Waals surface area contributed by atoms with E-state index in [4.69, 9.17) is 9.57 Å². The lowest BCUT2D eigenvalue weighted by Gasteiger charge is -2.30. The Labute approximate surface area is 156 Å². The maximum atomic E-state index is 5.58. The number of rotatable bonds is 6. The Morgan fingerprint density at radius 1 is 1.27 bits per heavy atom. The van der Waals surface area contributed by atoms with Crippen molar-refractivity contribution < 1.29 is 9.57 Å². The molecule has 2 aromatic rings. The van der Waals surface area contributed by atoms with Crippen LogP contribution >= 0.6 is 0 Å². The molecule has 2 aliphatic rings. The van der Waals surface area contributed by atoms with Crippen molar-refractivity contribution >= 4 is 0 Å². The third-order valence-corrected chi connectivity index (χ3v) is 5.69. The van der Waals surface area contributed by atoms with Crippen molar-refractivity contribution in [2.45, 2.75) is 38.1 Å². The molecular weight excluding hydrogens is 324 g/mol. The van der Waals surface area contributed by atoms with E-state index in [2.05, 4.69) is 53.8 Å². The fraction of sp³-hybridized carbons (Fsp3) is 0.455. The molecule has 2 aromatic carbocycles. The fourth-order valence-corrected chi connectivity index (χ4v) is 4.30. The second-order valence-electron chi connectivity index (χ2n) is 7.49. The van der Waals surface area contributed by atoms with E-state index in [9.17, 15) is 0 Å². The van der Waals surface area contributed by atoms with Gasteiger partial charge < -0.3 is 14.5 Å². The van der Waals surface area contributed by atoms with Gasteiger partial charge in [-0.3, -0.25) is 0 Å². The molecule has 0 bridgehead atoms. The zero-order valence-corrected chi connectivity index (χ0v) is 15.8. The predicted molar refractivity (Wildman–Crippen MR) is 104 cm³/mol. The first-order valence-electron chi connectivity index (χ1n) is 9.60. The Bertz CT molecular complexity index is 775. The number of fused-ring (bicyclic) bond motifs is 2. The van der Waals surface area contributed by atoms with Crippen LogP contribution in [0.15, 0.2) is 36.4 Å². The topological polar surface area (TPSA) is 33.7 Å². The number of hydroxylamine groups is 1. The fourth-order valence-electron chi connectivity index (χ4n) is 4.30. The van der Waals surface area contributed by atoms with Gasteiger partial charge in [-0.1, -0.05) is 24.3 Å². The molecule has 4 heteroatoms. The average Bonchev–Trinajstić information content (AvgIpc) is 3.14. The molecule has 0 amide bonds. The Morgan fingerprint density at radius 2 is 2.19 bits per heavy atom. The summed E-state index contributed by atoms with van der Waals surface area (Å²) in [7, 11) is 4.02. The van der Waals surface area contributed by atoms with Crippen molar-refractivity contribution in [1.82, 2.24) is 10.4 Å². The lowest BCUT2D eigenvalue weighted by molar-refractivity contribution is 0.224. The summed E-state index contributed by atoms with van der Waals surface area (Å²) in [5.41, 5.74) is 8.49. The molecular formula is C22H28N2O2. The number of nitrogens with one attached hydrogen (secondary N) is 1. The SMILES string of the molecule is COc1cccc2c1CCCC2CN(C)CCc1ccc2c(c1)CNO2. The zero-order chi connectivity index (χ0) is 17.9. The third-order valence-electron chi connectivity index (χ3n) is 5.69. The number of likely N-dealkylation sites (N-methyl/N-ethyl adjacent to an activating group) is 1. The highest BCUT2D eigenvalue weighted by molar-refractivity contribution is 5.44. The van der Waals surface area contributed by atoms with Gasteiger partial charge in [-0.25, -0.2) is 0 Å². The van der Waals surface area contributed by atoms with Crippen LogP contribution in [0.1, 0.15) is 41.0 Å². The minimum Gasteiger partial charge on any atom is -0.496 e. The maximum absolute atomic E-state index is 5.58. The number of benzene rings is 2. The first kappa shape index (κ1) is 17.4. The Morgan fingerprint density at radius 3 is 3.08 bits per heavy atom. The molecule has 1 unspecified atom stereocenters. The summed E-state index contributed by atoms with van der Waals surface area (Å²) in [5.74, 6) is 2.63. The van der Waals surface area contributed by atoms with E-state index < -0.39 is 0 Å². The molecule has 4 nitrogen and oxygen atoms in total. The van der Waals surface area contributed by atoms with Crippen molar-refractivity contribution in [2.24, 2.45) is 0 Å². The molecule has 0 saturated carbocycles. The Hall–Kier alpha value is -2.04. The molecule has 0 fully saturated rings. The summed E-state index contributed by atoms with van der Waals surface area (Å²) in [6.45, 7) is 2.98.